The molecular weight excluding hydrogens is 364 g/mol. The van der Waals surface area contributed by atoms with E-state index in [0.717, 1.165) is 0 Å². The van der Waals surface area contributed by atoms with E-state index in [1.54, 1.807) is 48.1 Å². The number of carboxylic acids is 1. The van der Waals surface area contributed by atoms with Crippen molar-refractivity contribution in [1.82, 2.24) is 9.80 Å². The van der Waals surface area contributed by atoms with E-state index in [-0.39, 0.29) is 24.0 Å². The zero-order valence-electron chi connectivity index (χ0n) is 15.8. The zero-order chi connectivity index (χ0) is 20.3. The molecule has 28 heavy (non-hydrogen) atoms. The number of furan rings is 1. The third-order valence-electron chi connectivity index (χ3n) is 4.77. The van der Waals surface area contributed by atoms with Gasteiger partial charge in [0.1, 0.15) is 17.9 Å². The van der Waals surface area contributed by atoms with Gasteiger partial charge in [-0.2, -0.15) is 0 Å². The van der Waals surface area contributed by atoms with Gasteiger partial charge in [-0.05, 0) is 31.2 Å². The van der Waals surface area contributed by atoms with Gasteiger partial charge >= 0.3 is 5.97 Å². The van der Waals surface area contributed by atoms with Gasteiger partial charge in [0.15, 0.2) is 0 Å². The predicted molar refractivity (Wildman–Crippen MR) is 99.6 cm³/mol. The maximum absolute atomic E-state index is 12.9. The van der Waals surface area contributed by atoms with E-state index >= 15 is 0 Å². The standard InChI is InChI=1S/C20H22N2O6/c1-13-12-28-16(11-17(23)24)18(13)20(26)22-9-7-21(8-10-22)19(25)14-3-5-15(27-2)6-4-14/h3-6,12H,7-11H2,1-2H3,(H,23,24). The molecule has 148 valence electrons. The number of aryl methyl sites for hydroxylation is 1. The SMILES string of the molecule is COc1ccc(C(=O)N2CCN(C(=O)c3c(C)coc3CC(=O)O)CC2)cc1. The molecule has 1 aliphatic heterocycles. The van der Waals surface area contributed by atoms with Gasteiger partial charge in [-0.1, -0.05) is 0 Å². The highest BCUT2D eigenvalue weighted by atomic mass is 16.5. The molecule has 0 saturated carbocycles. The van der Waals surface area contributed by atoms with Crippen molar-refractivity contribution in [3.63, 3.8) is 0 Å². The van der Waals surface area contributed by atoms with Gasteiger partial charge in [-0.25, -0.2) is 0 Å². The van der Waals surface area contributed by atoms with E-state index in [9.17, 15) is 14.4 Å². The number of hydrogen-bond donors (Lipinski definition) is 1. The molecule has 1 aromatic heterocycles. The van der Waals surface area contributed by atoms with Gasteiger partial charge in [0.05, 0.1) is 18.9 Å². The summed E-state index contributed by atoms with van der Waals surface area (Å²) in [6, 6.07) is 6.90. The van der Waals surface area contributed by atoms with E-state index in [0.29, 0.717) is 48.6 Å². The van der Waals surface area contributed by atoms with Crippen molar-refractivity contribution in [2.24, 2.45) is 0 Å². The molecule has 1 aromatic carbocycles. The third-order valence-corrected chi connectivity index (χ3v) is 4.77. The Morgan fingerprint density at radius 2 is 1.61 bits per heavy atom. The Kier molecular flexibility index (Phi) is 5.67. The fourth-order valence-corrected chi connectivity index (χ4v) is 3.24. The first-order valence-corrected chi connectivity index (χ1v) is 8.92. The van der Waals surface area contributed by atoms with Crippen molar-refractivity contribution in [3.05, 3.63) is 53.0 Å². The second-order valence-electron chi connectivity index (χ2n) is 6.60. The van der Waals surface area contributed by atoms with E-state index in [4.69, 9.17) is 14.3 Å². The molecule has 0 spiro atoms. The number of rotatable bonds is 5. The second kappa shape index (κ2) is 8.16. The van der Waals surface area contributed by atoms with E-state index in [2.05, 4.69) is 0 Å². The molecule has 0 unspecified atom stereocenters. The Morgan fingerprint density at radius 3 is 2.14 bits per heavy atom. The molecule has 2 heterocycles. The molecular formula is C20H22N2O6. The van der Waals surface area contributed by atoms with Gasteiger partial charge in [0, 0.05) is 37.3 Å². The normalized spacial score (nSPS) is 14.1. The predicted octanol–water partition coefficient (Wildman–Crippen LogP) is 1.82. The molecule has 8 nitrogen and oxygen atoms in total. The maximum Gasteiger partial charge on any atom is 0.311 e. The lowest BCUT2D eigenvalue weighted by Crippen LogP contribution is -2.50. The van der Waals surface area contributed by atoms with Crippen LogP contribution in [0, 0.1) is 6.92 Å². The minimum Gasteiger partial charge on any atom is -0.497 e. The van der Waals surface area contributed by atoms with Crippen molar-refractivity contribution in [3.8, 4) is 5.75 Å². The molecule has 2 amide bonds. The number of carbonyl (C=O) groups excluding carboxylic acids is 2. The second-order valence-corrected chi connectivity index (χ2v) is 6.60. The molecule has 0 aliphatic carbocycles. The van der Waals surface area contributed by atoms with Crippen LogP contribution in [0.2, 0.25) is 0 Å². The first-order chi connectivity index (χ1) is 13.4. The van der Waals surface area contributed by atoms with Crippen LogP contribution in [0.1, 0.15) is 32.0 Å². The molecule has 0 bridgehead atoms. The van der Waals surface area contributed by atoms with Crippen molar-refractivity contribution in [2.75, 3.05) is 33.3 Å². The summed E-state index contributed by atoms with van der Waals surface area (Å²) < 4.78 is 10.4. The van der Waals surface area contributed by atoms with Crippen molar-refractivity contribution < 1.29 is 28.6 Å². The summed E-state index contributed by atoms with van der Waals surface area (Å²) >= 11 is 0. The van der Waals surface area contributed by atoms with E-state index in [1.807, 2.05) is 0 Å². The van der Waals surface area contributed by atoms with Crippen molar-refractivity contribution >= 4 is 17.8 Å². The van der Waals surface area contributed by atoms with Gasteiger partial charge in [-0.15, -0.1) is 0 Å². The first kappa shape index (κ1) is 19.5. The van der Waals surface area contributed by atoms with Gasteiger partial charge in [0.2, 0.25) is 0 Å². The molecule has 1 saturated heterocycles. The number of nitrogens with zero attached hydrogens (tertiary/aromatic N) is 2. The van der Waals surface area contributed by atoms with E-state index in [1.165, 1.54) is 6.26 Å². The highest BCUT2D eigenvalue weighted by molar-refractivity contribution is 5.98. The zero-order valence-corrected chi connectivity index (χ0v) is 15.8. The minimum absolute atomic E-state index is 0.0965. The van der Waals surface area contributed by atoms with E-state index < -0.39 is 5.97 Å². The van der Waals surface area contributed by atoms with Crippen molar-refractivity contribution in [1.29, 1.82) is 0 Å². The lowest BCUT2D eigenvalue weighted by Gasteiger charge is -2.35. The maximum atomic E-state index is 12.9. The smallest absolute Gasteiger partial charge is 0.311 e. The highest BCUT2D eigenvalue weighted by Crippen LogP contribution is 2.21. The van der Waals surface area contributed by atoms with Crippen LogP contribution in [0.25, 0.3) is 0 Å². The Morgan fingerprint density at radius 1 is 1.04 bits per heavy atom. The number of hydrogen-bond acceptors (Lipinski definition) is 5. The summed E-state index contributed by atoms with van der Waals surface area (Å²) in [7, 11) is 1.57. The van der Waals surface area contributed by atoms with Crippen LogP contribution < -0.4 is 4.74 Å². The van der Waals surface area contributed by atoms with Crippen LogP contribution in [0.15, 0.2) is 34.9 Å². The van der Waals surface area contributed by atoms with Crippen molar-refractivity contribution in [2.45, 2.75) is 13.3 Å². The number of aliphatic carboxylic acids is 1. The summed E-state index contributed by atoms with van der Waals surface area (Å²) in [6.07, 6.45) is 1.06. The number of carboxylic acid groups (broad SMARTS) is 1. The summed E-state index contributed by atoms with van der Waals surface area (Å²) in [5.74, 6) is -0.579. The fraction of sp³-hybridized carbons (Fsp3) is 0.350. The highest BCUT2D eigenvalue weighted by Gasteiger charge is 2.29. The first-order valence-electron chi connectivity index (χ1n) is 8.92. The van der Waals surface area contributed by atoms with Crippen LogP contribution in [0.4, 0.5) is 0 Å². The van der Waals surface area contributed by atoms with Crippen LogP contribution in [-0.4, -0.2) is 66.0 Å². The minimum atomic E-state index is -1.06. The van der Waals surface area contributed by atoms with Crippen LogP contribution >= 0.6 is 0 Å². The summed E-state index contributed by atoms with van der Waals surface area (Å²) in [5.41, 5.74) is 1.48. The molecule has 1 fully saturated rings. The molecule has 1 aliphatic rings. The molecule has 2 aromatic rings. The fourth-order valence-electron chi connectivity index (χ4n) is 3.24. The summed E-state index contributed by atoms with van der Waals surface area (Å²) in [6.45, 7) is 3.27. The lowest BCUT2D eigenvalue weighted by atomic mass is 10.1. The molecule has 8 heteroatoms. The molecule has 0 atom stereocenters. The number of ether oxygens (including phenoxy) is 1. The Labute approximate surface area is 162 Å². The van der Waals surface area contributed by atoms with Crippen LogP contribution in [0.3, 0.4) is 0 Å². The largest absolute Gasteiger partial charge is 0.497 e. The lowest BCUT2D eigenvalue weighted by molar-refractivity contribution is -0.136. The number of carbonyl (C=O) groups is 3. The monoisotopic (exact) mass is 386 g/mol. The Bertz CT molecular complexity index is 879. The molecule has 0 radical (unpaired) electrons. The molecule has 1 N–H and O–H groups in total. The summed E-state index contributed by atoms with van der Waals surface area (Å²) in [4.78, 5) is 39.8. The summed E-state index contributed by atoms with van der Waals surface area (Å²) in [5, 5.41) is 8.99. The average molecular weight is 386 g/mol. The number of methoxy groups -OCH3 is 1. The number of amides is 2. The van der Waals surface area contributed by atoms with Gasteiger partial charge < -0.3 is 24.1 Å². The van der Waals surface area contributed by atoms with Gasteiger partial charge in [0.25, 0.3) is 11.8 Å². The quantitative estimate of drug-likeness (QED) is 0.841. The average Bonchev–Trinajstić information content (AvgIpc) is 3.06. The van der Waals surface area contributed by atoms with Crippen LogP contribution in [-0.2, 0) is 11.2 Å². The topological polar surface area (TPSA) is 100 Å². The Hall–Kier alpha value is -3.29. The van der Waals surface area contributed by atoms with Gasteiger partial charge in [-0.3, -0.25) is 14.4 Å². The van der Waals surface area contributed by atoms with Crippen LogP contribution in [0.5, 0.6) is 5.75 Å². The number of benzene rings is 1. The number of piperazine rings is 1. The Balaban J connectivity index is 1.65. The third kappa shape index (κ3) is 4.00. The molecule has 3 rings (SSSR count).